The minimum Gasteiger partial charge on any atom is -0.497 e. The van der Waals surface area contributed by atoms with Crippen molar-refractivity contribution in [3.8, 4) is 5.75 Å². The Hall–Kier alpha value is -3.50. The van der Waals surface area contributed by atoms with Gasteiger partial charge in [0.2, 0.25) is 5.91 Å². The molecule has 3 rings (SSSR count). The molecule has 1 unspecified atom stereocenters. The van der Waals surface area contributed by atoms with Gasteiger partial charge in [0.05, 0.1) is 7.11 Å². The van der Waals surface area contributed by atoms with E-state index in [1.165, 1.54) is 7.11 Å². The summed E-state index contributed by atoms with van der Waals surface area (Å²) < 4.78 is 59.5. The first kappa shape index (κ1) is 20.2. The molecule has 1 aliphatic rings. The number of hydrogen-bond acceptors (Lipinski definition) is 4. The van der Waals surface area contributed by atoms with Gasteiger partial charge in [-0.1, -0.05) is 5.11 Å². The van der Waals surface area contributed by atoms with E-state index in [4.69, 9.17) is 4.74 Å². The Bertz CT molecular complexity index is 976. The molecule has 1 heterocycles. The van der Waals surface area contributed by atoms with Gasteiger partial charge in [0, 0.05) is 41.9 Å². The van der Waals surface area contributed by atoms with E-state index < -0.39 is 52.7 Å². The number of carbonyl (C=O) groups is 2. The number of azo groups is 1. The highest BCUT2D eigenvalue weighted by atomic mass is 19.2. The highest BCUT2D eigenvalue weighted by molar-refractivity contribution is 5.90. The third kappa shape index (κ3) is 4.33. The number of hydrogen-bond donors (Lipinski definition) is 2. The van der Waals surface area contributed by atoms with E-state index in [9.17, 15) is 27.2 Å². The molecular weight excluding hydrogens is 396 g/mol. The molecule has 2 aromatic carbocycles. The molecular formula is C18H14F4N4O3. The Labute approximate surface area is 161 Å². The quantitative estimate of drug-likeness (QED) is 0.597. The number of urea groups is 1. The van der Waals surface area contributed by atoms with Gasteiger partial charge in [-0.2, -0.15) is 5.11 Å². The van der Waals surface area contributed by atoms with E-state index in [1.807, 2.05) is 0 Å². The molecule has 0 radical (unpaired) electrons. The van der Waals surface area contributed by atoms with E-state index in [0.29, 0.717) is 0 Å². The largest absolute Gasteiger partial charge is 0.497 e. The number of rotatable bonds is 4. The van der Waals surface area contributed by atoms with Gasteiger partial charge in [0.25, 0.3) is 0 Å². The van der Waals surface area contributed by atoms with E-state index >= 15 is 0 Å². The van der Waals surface area contributed by atoms with Crippen LogP contribution in [0.2, 0.25) is 0 Å². The third-order valence-corrected chi connectivity index (χ3v) is 4.25. The highest BCUT2D eigenvalue weighted by Gasteiger charge is 2.39. The Morgan fingerprint density at radius 1 is 1.10 bits per heavy atom. The predicted molar refractivity (Wildman–Crippen MR) is 92.7 cm³/mol. The highest BCUT2D eigenvalue weighted by Crippen LogP contribution is 2.32. The normalized spacial score (nSPS) is 18.7. The fraction of sp³-hybridized carbons (Fsp3) is 0.222. The summed E-state index contributed by atoms with van der Waals surface area (Å²) in [6, 6.07) is 2.12. The van der Waals surface area contributed by atoms with Gasteiger partial charge in [-0.25, -0.2) is 22.4 Å². The lowest BCUT2D eigenvalue weighted by molar-refractivity contribution is -0.120. The van der Waals surface area contributed by atoms with Gasteiger partial charge in [0.1, 0.15) is 17.4 Å². The van der Waals surface area contributed by atoms with Crippen LogP contribution in [0.25, 0.3) is 0 Å². The van der Waals surface area contributed by atoms with Crippen LogP contribution in [0.3, 0.4) is 0 Å². The number of ether oxygens (including phenoxy) is 1. The zero-order chi connectivity index (χ0) is 21.1. The van der Waals surface area contributed by atoms with Crippen LogP contribution in [0.5, 0.6) is 5.75 Å². The maximum absolute atomic E-state index is 14.3. The second-order valence-electron chi connectivity index (χ2n) is 6.08. The van der Waals surface area contributed by atoms with Crippen molar-refractivity contribution >= 4 is 17.6 Å². The van der Waals surface area contributed by atoms with Crippen LogP contribution < -0.4 is 15.4 Å². The Morgan fingerprint density at radius 2 is 1.79 bits per heavy atom. The maximum Gasteiger partial charge on any atom is 0.363 e. The fourth-order valence-corrected chi connectivity index (χ4v) is 2.87. The van der Waals surface area contributed by atoms with Crippen LogP contribution in [0.4, 0.5) is 28.0 Å². The Morgan fingerprint density at radius 3 is 2.41 bits per heavy atom. The standard InChI is InChI=1S/C18H14F4N4O3/c1-29-9-5-13(21)15(14(22)6-9)10-7-23-17(27)16(10)25-26-18(28)24-8-2-3-11(19)12(20)4-8/h2-6,10,16H,7H2,1H3,(H,23,27)(H,24,28)/t10-,16?/m0/s1. The molecule has 1 saturated heterocycles. The molecule has 0 bridgehead atoms. The summed E-state index contributed by atoms with van der Waals surface area (Å²) >= 11 is 0. The monoisotopic (exact) mass is 410 g/mol. The zero-order valence-corrected chi connectivity index (χ0v) is 14.9. The third-order valence-electron chi connectivity index (χ3n) is 4.25. The van der Waals surface area contributed by atoms with Gasteiger partial charge < -0.3 is 15.4 Å². The average molecular weight is 410 g/mol. The first-order chi connectivity index (χ1) is 13.8. The van der Waals surface area contributed by atoms with Crippen molar-refractivity contribution in [2.24, 2.45) is 10.2 Å². The lowest BCUT2D eigenvalue weighted by atomic mass is 9.93. The first-order valence-electron chi connectivity index (χ1n) is 8.27. The van der Waals surface area contributed by atoms with Crippen LogP contribution in [0.15, 0.2) is 40.6 Å². The molecule has 1 aliphatic heterocycles. The van der Waals surface area contributed by atoms with Crippen molar-refractivity contribution in [1.82, 2.24) is 5.32 Å². The molecule has 152 valence electrons. The van der Waals surface area contributed by atoms with Crippen molar-refractivity contribution in [3.05, 3.63) is 59.2 Å². The van der Waals surface area contributed by atoms with Crippen molar-refractivity contribution in [1.29, 1.82) is 0 Å². The fourth-order valence-electron chi connectivity index (χ4n) is 2.87. The molecule has 2 aromatic rings. The number of halogens is 4. The lowest BCUT2D eigenvalue weighted by Crippen LogP contribution is -2.23. The van der Waals surface area contributed by atoms with Crippen molar-refractivity contribution in [3.63, 3.8) is 0 Å². The Balaban J connectivity index is 1.79. The SMILES string of the molecule is COc1cc(F)c([C@@H]2CNC(=O)C2N=NC(=O)Nc2ccc(F)c(F)c2)c(F)c1. The van der Waals surface area contributed by atoms with Crippen LogP contribution in [-0.4, -0.2) is 31.6 Å². The number of nitrogens with zero attached hydrogens (tertiary/aromatic N) is 2. The van der Waals surface area contributed by atoms with Crippen molar-refractivity contribution in [2.45, 2.75) is 12.0 Å². The predicted octanol–water partition coefficient (Wildman–Crippen LogP) is 3.52. The number of benzene rings is 2. The van der Waals surface area contributed by atoms with Gasteiger partial charge in [-0.05, 0) is 12.1 Å². The summed E-state index contributed by atoms with van der Waals surface area (Å²) in [5, 5.41) is 11.4. The molecule has 11 heteroatoms. The van der Waals surface area contributed by atoms with Gasteiger partial charge in [-0.15, -0.1) is 0 Å². The summed E-state index contributed by atoms with van der Waals surface area (Å²) in [7, 11) is 1.25. The number of methoxy groups -OCH3 is 1. The molecule has 29 heavy (non-hydrogen) atoms. The molecule has 0 spiro atoms. The number of amides is 3. The minimum absolute atomic E-state index is 0.0369. The van der Waals surface area contributed by atoms with E-state index in [0.717, 1.165) is 30.3 Å². The minimum atomic E-state index is -1.36. The van der Waals surface area contributed by atoms with Crippen LogP contribution in [0.1, 0.15) is 11.5 Å². The van der Waals surface area contributed by atoms with Crippen molar-refractivity contribution < 1.29 is 31.9 Å². The van der Waals surface area contributed by atoms with E-state index in [1.54, 1.807) is 0 Å². The second-order valence-corrected chi connectivity index (χ2v) is 6.08. The summed E-state index contributed by atoms with van der Waals surface area (Å²) in [4.78, 5) is 23.8. The van der Waals surface area contributed by atoms with Crippen molar-refractivity contribution in [2.75, 3.05) is 19.0 Å². The molecule has 0 aliphatic carbocycles. The van der Waals surface area contributed by atoms with Crippen LogP contribution >= 0.6 is 0 Å². The van der Waals surface area contributed by atoms with Gasteiger partial charge >= 0.3 is 6.03 Å². The second kappa shape index (κ2) is 8.25. The molecule has 7 nitrogen and oxygen atoms in total. The first-order valence-corrected chi connectivity index (χ1v) is 8.27. The molecule has 3 amide bonds. The molecule has 2 atom stereocenters. The number of carbonyl (C=O) groups excluding carboxylic acids is 2. The van der Waals surface area contributed by atoms with Gasteiger partial charge in [0.15, 0.2) is 17.7 Å². The topological polar surface area (TPSA) is 92.2 Å². The summed E-state index contributed by atoms with van der Waals surface area (Å²) in [5.41, 5.74) is -0.485. The molecule has 2 N–H and O–H groups in total. The smallest absolute Gasteiger partial charge is 0.363 e. The Kier molecular flexibility index (Phi) is 5.76. The zero-order valence-electron chi connectivity index (χ0n) is 14.9. The van der Waals surface area contributed by atoms with Crippen LogP contribution in [-0.2, 0) is 4.79 Å². The van der Waals surface area contributed by atoms with Crippen LogP contribution in [0, 0.1) is 23.3 Å². The number of nitrogens with one attached hydrogen (secondary N) is 2. The average Bonchev–Trinajstić information content (AvgIpc) is 3.02. The van der Waals surface area contributed by atoms with E-state index in [2.05, 4.69) is 20.9 Å². The van der Waals surface area contributed by atoms with E-state index in [-0.39, 0.29) is 18.0 Å². The maximum atomic E-state index is 14.3. The summed E-state index contributed by atoms with van der Waals surface area (Å²) in [6.07, 6.45) is 0. The number of anilines is 1. The summed E-state index contributed by atoms with van der Waals surface area (Å²) in [6.45, 7) is -0.118. The van der Waals surface area contributed by atoms with Gasteiger partial charge in [-0.3, -0.25) is 4.79 Å². The molecule has 1 fully saturated rings. The molecule has 0 aromatic heterocycles. The molecule has 0 saturated carbocycles. The summed E-state index contributed by atoms with van der Waals surface area (Å²) in [5.74, 6) is -5.91. The lowest BCUT2D eigenvalue weighted by Gasteiger charge is -2.15.